The van der Waals surface area contributed by atoms with Gasteiger partial charge in [0, 0.05) is 13.2 Å². The Kier molecular flexibility index (Phi) is 9.75. The topological polar surface area (TPSA) is 27.7 Å². The molecule has 0 amide bonds. The van der Waals surface area contributed by atoms with Crippen molar-refractivity contribution in [3.63, 3.8) is 0 Å². The SMILES string of the molecule is CC1CCOCC1.CC1COC(C)(C)O1.CCC(C)(C)C. The van der Waals surface area contributed by atoms with E-state index in [1.807, 2.05) is 20.8 Å². The summed E-state index contributed by atoms with van der Waals surface area (Å²) in [5.74, 6) is 0.577. The molecule has 0 saturated carbocycles. The molecule has 1 atom stereocenters. The first kappa shape index (κ1) is 20.9. The second-order valence-corrected chi connectivity index (χ2v) is 7.85. The van der Waals surface area contributed by atoms with E-state index in [9.17, 15) is 0 Å². The molecule has 0 radical (unpaired) electrons. The zero-order valence-corrected chi connectivity index (χ0v) is 15.6. The Hall–Kier alpha value is -0.120. The first-order valence-electron chi connectivity index (χ1n) is 8.45. The van der Waals surface area contributed by atoms with Gasteiger partial charge in [0.15, 0.2) is 5.79 Å². The molecule has 21 heavy (non-hydrogen) atoms. The Balaban J connectivity index is 0.000000290. The van der Waals surface area contributed by atoms with Gasteiger partial charge in [-0.25, -0.2) is 0 Å². The quantitative estimate of drug-likeness (QED) is 0.628. The van der Waals surface area contributed by atoms with Crippen molar-refractivity contribution in [2.75, 3.05) is 19.8 Å². The molecule has 0 aromatic carbocycles. The van der Waals surface area contributed by atoms with E-state index in [1.54, 1.807) is 0 Å². The Bertz CT molecular complexity index is 250. The minimum absolute atomic E-state index is 0.269. The van der Waals surface area contributed by atoms with Crippen LogP contribution in [0.25, 0.3) is 0 Å². The molecule has 1 unspecified atom stereocenters. The van der Waals surface area contributed by atoms with Gasteiger partial charge in [0.25, 0.3) is 0 Å². The minimum Gasteiger partial charge on any atom is -0.381 e. The summed E-state index contributed by atoms with van der Waals surface area (Å²) in [6.07, 6.45) is 4.07. The molecule has 2 saturated heterocycles. The van der Waals surface area contributed by atoms with Crippen LogP contribution in [-0.4, -0.2) is 31.7 Å². The summed E-state index contributed by atoms with van der Waals surface area (Å²) in [7, 11) is 0. The second-order valence-electron chi connectivity index (χ2n) is 7.85. The lowest BCUT2D eigenvalue weighted by Gasteiger charge is -2.16. The molecule has 0 aromatic rings. The van der Waals surface area contributed by atoms with Crippen molar-refractivity contribution in [3.8, 4) is 0 Å². The minimum atomic E-state index is -0.334. The van der Waals surface area contributed by atoms with E-state index in [-0.39, 0.29) is 11.9 Å². The molecule has 0 N–H and O–H groups in total. The highest BCUT2D eigenvalue weighted by Crippen LogP contribution is 2.21. The third kappa shape index (κ3) is 13.3. The second kappa shape index (κ2) is 9.81. The van der Waals surface area contributed by atoms with E-state index in [1.165, 1.54) is 19.3 Å². The maximum atomic E-state index is 5.33. The van der Waals surface area contributed by atoms with Crippen molar-refractivity contribution in [1.29, 1.82) is 0 Å². The summed E-state index contributed by atoms with van der Waals surface area (Å²) in [6, 6.07) is 0. The van der Waals surface area contributed by atoms with Crippen molar-refractivity contribution in [2.45, 2.75) is 86.5 Å². The fourth-order valence-electron chi connectivity index (χ4n) is 1.69. The molecular formula is C18H38O3. The lowest BCUT2D eigenvalue weighted by atomic mass is 9.94. The van der Waals surface area contributed by atoms with Crippen molar-refractivity contribution < 1.29 is 14.2 Å². The number of hydrogen-bond donors (Lipinski definition) is 0. The van der Waals surface area contributed by atoms with Gasteiger partial charge in [-0.1, -0.05) is 41.0 Å². The van der Waals surface area contributed by atoms with E-state index in [4.69, 9.17) is 14.2 Å². The molecule has 2 fully saturated rings. The molecule has 3 heteroatoms. The van der Waals surface area contributed by atoms with Crippen molar-refractivity contribution in [3.05, 3.63) is 0 Å². The highest BCUT2D eigenvalue weighted by Gasteiger charge is 2.29. The van der Waals surface area contributed by atoms with E-state index >= 15 is 0 Å². The smallest absolute Gasteiger partial charge is 0.163 e. The van der Waals surface area contributed by atoms with Gasteiger partial charge in [0.1, 0.15) is 0 Å². The fraction of sp³-hybridized carbons (Fsp3) is 1.00. The zero-order valence-electron chi connectivity index (χ0n) is 15.6. The highest BCUT2D eigenvalue weighted by molar-refractivity contribution is 4.65. The van der Waals surface area contributed by atoms with Crippen LogP contribution in [0, 0.1) is 11.3 Å². The largest absolute Gasteiger partial charge is 0.381 e. The molecule has 0 aromatic heterocycles. The van der Waals surface area contributed by atoms with Gasteiger partial charge in [-0.2, -0.15) is 0 Å². The van der Waals surface area contributed by atoms with Crippen LogP contribution in [-0.2, 0) is 14.2 Å². The van der Waals surface area contributed by atoms with Crippen LogP contribution >= 0.6 is 0 Å². The summed E-state index contributed by atoms with van der Waals surface area (Å²) in [4.78, 5) is 0. The average Bonchev–Trinajstić information content (AvgIpc) is 2.69. The lowest BCUT2D eigenvalue weighted by Crippen LogP contribution is -2.20. The predicted molar refractivity (Wildman–Crippen MR) is 89.5 cm³/mol. The van der Waals surface area contributed by atoms with Gasteiger partial charge in [-0.15, -0.1) is 0 Å². The van der Waals surface area contributed by atoms with Crippen LogP contribution in [0.4, 0.5) is 0 Å². The van der Waals surface area contributed by atoms with Gasteiger partial charge >= 0.3 is 0 Å². The number of rotatable bonds is 0. The third-order valence-electron chi connectivity index (χ3n) is 3.72. The van der Waals surface area contributed by atoms with Gasteiger partial charge in [-0.05, 0) is 44.9 Å². The molecular weight excluding hydrogens is 264 g/mol. The number of hydrogen-bond acceptors (Lipinski definition) is 3. The molecule has 2 rings (SSSR count). The van der Waals surface area contributed by atoms with E-state index in [0.717, 1.165) is 25.7 Å². The van der Waals surface area contributed by atoms with Crippen LogP contribution in [0.1, 0.15) is 74.7 Å². The zero-order chi connectivity index (χ0) is 16.5. The van der Waals surface area contributed by atoms with Crippen LogP contribution in [0.3, 0.4) is 0 Å². The first-order chi connectivity index (χ1) is 9.56. The third-order valence-corrected chi connectivity index (χ3v) is 3.72. The monoisotopic (exact) mass is 302 g/mol. The maximum absolute atomic E-state index is 5.33. The molecule has 0 aliphatic carbocycles. The lowest BCUT2D eigenvalue weighted by molar-refractivity contribution is -0.136. The highest BCUT2D eigenvalue weighted by atomic mass is 16.7. The molecule has 0 spiro atoms. The van der Waals surface area contributed by atoms with E-state index in [2.05, 4.69) is 34.6 Å². The molecule has 2 aliphatic rings. The Morgan fingerprint density at radius 1 is 1.05 bits per heavy atom. The molecule has 128 valence electrons. The van der Waals surface area contributed by atoms with Crippen LogP contribution in [0.15, 0.2) is 0 Å². The van der Waals surface area contributed by atoms with Gasteiger partial charge in [0.2, 0.25) is 0 Å². The van der Waals surface area contributed by atoms with Gasteiger partial charge < -0.3 is 14.2 Å². The number of ether oxygens (including phenoxy) is 3. The maximum Gasteiger partial charge on any atom is 0.163 e. The fourth-order valence-corrected chi connectivity index (χ4v) is 1.69. The average molecular weight is 302 g/mol. The molecule has 3 nitrogen and oxygen atoms in total. The Morgan fingerprint density at radius 2 is 1.52 bits per heavy atom. The normalized spacial score (nSPS) is 25.4. The first-order valence-corrected chi connectivity index (χ1v) is 8.45. The summed E-state index contributed by atoms with van der Waals surface area (Å²) >= 11 is 0. The van der Waals surface area contributed by atoms with Gasteiger partial charge in [0.05, 0.1) is 12.7 Å². The van der Waals surface area contributed by atoms with Gasteiger partial charge in [-0.3, -0.25) is 0 Å². The van der Waals surface area contributed by atoms with Crippen LogP contribution < -0.4 is 0 Å². The van der Waals surface area contributed by atoms with Crippen molar-refractivity contribution in [2.24, 2.45) is 11.3 Å². The van der Waals surface area contributed by atoms with E-state index < -0.39 is 0 Å². The standard InChI is InChI=1S/C6H12O2.C6H12O.C6H14/c1-5-4-7-6(2,3)8-5;1-6-2-4-7-5-3-6;1-5-6(2,3)4/h5H,4H2,1-3H3;6H,2-5H2,1H3;5H2,1-4H3. The van der Waals surface area contributed by atoms with Crippen LogP contribution in [0.2, 0.25) is 0 Å². The van der Waals surface area contributed by atoms with Crippen molar-refractivity contribution >= 4 is 0 Å². The molecule has 2 aliphatic heterocycles. The van der Waals surface area contributed by atoms with Crippen molar-refractivity contribution in [1.82, 2.24) is 0 Å². The molecule has 0 bridgehead atoms. The summed E-state index contributed by atoms with van der Waals surface area (Å²) < 4.78 is 15.7. The Morgan fingerprint density at radius 3 is 1.67 bits per heavy atom. The van der Waals surface area contributed by atoms with E-state index in [0.29, 0.717) is 5.41 Å². The summed E-state index contributed by atoms with van der Waals surface area (Å²) in [5, 5.41) is 0. The summed E-state index contributed by atoms with van der Waals surface area (Å²) in [6.45, 7) is 19.8. The van der Waals surface area contributed by atoms with Crippen LogP contribution in [0.5, 0.6) is 0 Å². The predicted octanol–water partition coefficient (Wildman–Crippen LogP) is 5.03. The Labute approximate surface area is 132 Å². The molecule has 2 heterocycles. The summed E-state index contributed by atoms with van der Waals surface area (Å²) in [5.41, 5.74) is 0.542.